The van der Waals surface area contributed by atoms with Crippen LogP contribution in [-0.4, -0.2) is 141 Å². The molecule has 4 bridgehead atoms. The maximum absolute atomic E-state index is 14.7. The molecule has 6 atom stereocenters. The molecule has 21 nitrogen and oxygen atoms in total. The average molecular weight is 930 g/mol. The van der Waals surface area contributed by atoms with Gasteiger partial charge in [0.15, 0.2) is 17.3 Å². The second kappa shape index (κ2) is 23.0. The first kappa shape index (κ1) is 51.1. The lowest BCUT2D eigenvalue weighted by Crippen LogP contribution is -2.55. The summed E-state index contributed by atoms with van der Waals surface area (Å²) >= 11 is 0. The van der Waals surface area contributed by atoms with Crippen molar-refractivity contribution >= 4 is 29.6 Å². The van der Waals surface area contributed by atoms with Crippen molar-refractivity contribution in [1.82, 2.24) is 30.8 Å². The van der Waals surface area contributed by atoms with Gasteiger partial charge in [0.25, 0.3) is 5.91 Å². The molecule has 1 aliphatic rings. The van der Waals surface area contributed by atoms with Crippen LogP contribution in [0.5, 0.6) is 23.0 Å². The standard InChI is InChI=1S/C46H59N9O12/c1-23(2)67-31-9-7-27(8-10-31)41-50-20-34(24(3)51-41)43(60)53-35(12-13-47)45(62)55(5)39-28-16-33(40(58)38(17-28)66-22-30(57)19-49)32-14-26(6-11-37(32)65-21-29(56)18-48)15-36(46(63)64)54-42(59)25(4)52-44(39)61/h6-11,14,16-17,20,23,25,29-30,35-36,39,56-58H,12-13,15,18-19,21-22,47-49H2,1-5H3,(H,52,61)(H,53,60)(H,54,59)(H,63,64)/t25-,29?,30?,35?,36-,39-/m0/s1. The van der Waals surface area contributed by atoms with E-state index in [2.05, 4.69) is 25.9 Å². The van der Waals surface area contributed by atoms with Crippen molar-refractivity contribution in [1.29, 1.82) is 0 Å². The Bertz CT molecular complexity index is 2420. The van der Waals surface area contributed by atoms with Crippen molar-refractivity contribution in [2.24, 2.45) is 17.2 Å². The van der Waals surface area contributed by atoms with Gasteiger partial charge >= 0.3 is 5.97 Å². The summed E-state index contributed by atoms with van der Waals surface area (Å²) in [6.07, 6.45) is -1.34. The highest BCUT2D eigenvalue weighted by atomic mass is 16.5. The summed E-state index contributed by atoms with van der Waals surface area (Å²) in [5.41, 5.74) is 18.7. The number of hydrogen-bond donors (Lipinski definition) is 10. The summed E-state index contributed by atoms with van der Waals surface area (Å²) in [6, 6.07) is 8.41. The Morgan fingerprint density at radius 3 is 2.16 bits per heavy atom. The van der Waals surface area contributed by atoms with Crippen LogP contribution in [0.1, 0.15) is 60.4 Å². The number of aryl methyl sites for hydroxylation is 1. The number of carboxylic acids is 1. The van der Waals surface area contributed by atoms with Gasteiger partial charge in [0, 0.05) is 49.4 Å². The van der Waals surface area contributed by atoms with E-state index in [4.69, 9.17) is 31.4 Å². The van der Waals surface area contributed by atoms with Crippen LogP contribution < -0.4 is 47.4 Å². The molecule has 1 aliphatic heterocycles. The van der Waals surface area contributed by atoms with Gasteiger partial charge in [0.2, 0.25) is 17.7 Å². The van der Waals surface area contributed by atoms with Gasteiger partial charge in [-0.2, -0.15) is 0 Å². The van der Waals surface area contributed by atoms with Crippen molar-refractivity contribution in [2.75, 3.05) is 39.9 Å². The quantitative estimate of drug-likeness (QED) is 0.0641. The number of rotatable bonds is 18. The van der Waals surface area contributed by atoms with E-state index in [1.54, 1.807) is 31.2 Å². The minimum atomic E-state index is -1.66. The van der Waals surface area contributed by atoms with Crippen LogP contribution in [0.4, 0.5) is 0 Å². The SMILES string of the molecule is Cc1nc(-c2ccc(OC(C)C)cc2)ncc1C(=O)NC(CCN)C(=O)N(C)[C@@H]1C(=O)N[C@@H](C)C(=O)N[C@H](C(=O)O)Cc2ccc(OCC(O)CN)c(c2)-c2cc1cc(OCC(O)CN)c2O. The van der Waals surface area contributed by atoms with Gasteiger partial charge < -0.3 is 72.7 Å². The number of aliphatic hydroxyl groups is 2. The zero-order valence-corrected chi connectivity index (χ0v) is 37.9. The zero-order chi connectivity index (χ0) is 49.1. The van der Waals surface area contributed by atoms with Crippen LogP contribution in [-0.2, 0) is 25.6 Å². The zero-order valence-electron chi connectivity index (χ0n) is 37.9. The number of ether oxygens (including phenoxy) is 3. The van der Waals surface area contributed by atoms with Crippen molar-refractivity contribution in [3.63, 3.8) is 0 Å². The summed E-state index contributed by atoms with van der Waals surface area (Å²) < 4.78 is 17.5. The highest BCUT2D eigenvalue weighted by Gasteiger charge is 2.37. The number of carbonyl (C=O) groups is 5. The molecule has 0 radical (unpaired) electrons. The number of benzene rings is 3. The van der Waals surface area contributed by atoms with Crippen LogP contribution in [0.25, 0.3) is 22.5 Å². The molecule has 0 saturated heterocycles. The number of aromatic nitrogens is 2. The van der Waals surface area contributed by atoms with Gasteiger partial charge in [-0.25, -0.2) is 14.8 Å². The van der Waals surface area contributed by atoms with Gasteiger partial charge in [0.1, 0.15) is 61.1 Å². The number of aliphatic carboxylic acids is 1. The number of nitrogens with two attached hydrogens (primary N) is 3. The third kappa shape index (κ3) is 12.9. The number of hydrogen-bond acceptors (Lipinski definition) is 16. The number of nitrogens with one attached hydrogen (secondary N) is 3. The number of fused-ring (bicyclic) bond motifs is 5. The molecule has 4 amide bonds. The number of aliphatic hydroxyl groups excluding tert-OH is 2. The lowest BCUT2D eigenvalue weighted by molar-refractivity contribution is -0.143. The largest absolute Gasteiger partial charge is 0.504 e. The van der Waals surface area contributed by atoms with Crippen LogP contribution in [0, 0.1) is 6.92 Å². The monoisotopic (exact) mass is 929 g/mol. The predicted molar refractivity (Wildman–Crippen MR) is 244 cm³/mol. The van der Waals surface area contributed by atoms with Crippen molar-refractivity contribution in [2.45, 2.75) is 83.0 Å². The molecule has 3 unspecified atom stereocenters. The number of phenolic OH excluding ortho intramolecular Hbond substituents is 1. The summed E-state index contributed by atoms with van der Waals surface area (Å²) in [6.45, 7) is 5.59. The molecule has 67 heavy (non-hydrogen) atoms. The molecule has 0 spiro atoms. The number of phenols is 1. The van der Waals surface area contributed by atoms with Crippen LogP contribution in [0.15, 0.2) is 60.8 Å². The fourth-order valence-electron chi connectivity index (χ4n) is 7.11. The van der Waals surface area contributed by atoms with E-state index in [1.165, 1.54) is 50.5 Å². The average Bonchev–Trinajstić information content (AvgIpc) is 3.29. The molecule has 1 aromatic heterocycles. The second-order valence-electron chi connectivity index (χ2n) is 16.3. The number of amides is 4. The number of nitrogens with zero attached hydrogens (tertiary/aromatic N) is 3. The first-order valence-electron chi connectivity index (χ1n) is 21.6. The highest BCUT2D eigenvalue weighted by molar-refractivity contribution is 6.00. The molecule has 3 aromatic carbocycles. The molecule has 2 heterocycles. The first-order chi connectivity index (χ1) is 31.8. The molecular weight excluding hydrogens is 871 g/mol. The molecule has 0 fully saturated rings. The van der Waals surface area contributed by atoms with E-state index in [0.29, 0.717) is 28.4 Å². The van der Waals surface area contributed by atoms with E-state index in [-0.39, 0.29) is 78.9 Å². The van der Waals surface area contributed by atoms with E-state index < -0.39 is 78.3 Å². The molecule has 0 aliphatic carbocycles. The van der Waals surface area contributed by atoms with Crippen molar-refractivity contribution < 1.29 is 58.6 Å². The fourth-order valence-corrected chi connectivity index (χ4v) is 7.11. The van der Waals surface area contributed by atoms with Crippen LogP contribution in [0.2, 0.25) is 0 Å². The van der Waals surface area contributed by atoms with Crippen molar-refractivity contribution in [3.8, 4) is 45.5 Å². The molecular formula is C46H59N9O12. The lowest BCUT2D eigenvalue weighted by Gasteiger charge is -2.33. The Balaban J connectivity index is 1.60. The van der Waals surface area contributed by atoms with E-state index in [0.717, 1.165) is 4.90 Å². The Kier molecular flexibility index (Phi) is 17.5. The molecule has 13 N–H and O–H groups in total. The van der Waals surface area contributed by atoms with Gasteiger partial charge in [-0.15, -0.1) is 0 Å². The normalized spacial score (nSPS) is 17.5. The van der Waals surface area contributed by atoms with Gasteiger partial charge in [-0.3, -0.25) is 19.2 Å². The van der Waals surface area contributed by atoms with E-state index in [9.17, 15) is 44.4 Å². The van der Waals surface area contributed by atoms with E-state index in [1.807, 2.05) is 13.8 Å². The molecule has 21 heteroatoms. The number of carboxylic acid groups (broad SMARTS) is 1. The third-order valence-electron chi connectivity index (χ3n) is 10.7. The summed E-state index contributed by atoms with van der Waals surface area (Å²) in [7, 11) is 1.28. The summed E-state index contributed by atoms with van der Waals surface area (Å²) in [5, 5.41) is 50.3. The molecule has 0 saturated carbocycles. The molecule has 360 valence electrons. The van der Waals surface area contributed by atoms with Crippen LogP contribution >= 0.6 is 0 Å². The number of likely N-dealkylation sites (N-methyl/N-ethyl adjacent to an activating group) is 1. The number of aromatic hydroxyl groups is 1. The minimum Gasteiger partial charge on any atom is -0.504 e. The van der Waals surface area contributed by atoms with Gasteiger partial charge in [0.05, 0.1) is 17.4 Å². The Hall–Kier alpha value is -6.91. The molecule has 4 aromatic rings. The second-order valence-corrected chi connectivity index (χ2v) is 16.3. The smallest absolute Gasteiger partial charge is 0.326 e. The number of carbonyl (C=O) groups excluding carboxylic acids is 4. The Labute approximate surface area is 387 Å². The van der Waals surface area contributed by atoms with Gasteiger partial charge in [-0.05, 0) is 100 Å². The summed E-state index contributed by atoms with van der Waals surface area (Å²) in [4.78, 5) is 79.1. The molecule has 5 rings (SSSR count). The van der Waals surface area contributed by atoms with E-state index >= 15 is 0 Å². The van der Waals surface area contributed by atoms with Gasteiger partial charge in [-0.1, -0.05) is 6.07 Å². The first-order valence-corrected chi connectivity index (χ1v) is 21.6. The van der Waals surface area contributed by atoms with Crippen molar-refractivity contribution in [3.05, 3.63) is 83.2 Å². The maximum atomic E-state index is 14.7. The minimum absolute atomic E-state index is 0.00581. The topological polar surface area (TPSA) is 337 Å². The summed E-state index contributed by atoms with van der Waals surface area (Å²) in [5.74, 6) is -4.42. The third-order valence-corrected chi connectivity index (χ3v) is 10.7. The fraction of sp³-hybridized carbons (Fsp3) is 0.413. The maximum Gasteiger partial charge on any atom is 0.326 e. The lowest BCUT2D eigenvalue weighted by atomic mass is 9.93. The Morgan fingerprint density at radius 2 is 1.57 bits per heavy atom. The highest BCUT2D eigenvalue weighted by Crippen LogP contribution is 2.45. The Morgan fingerprint density at radius 1 is 0.910 bits per heavy atom. The van der Waals surface area contributed by atoms with Crippen LogP contribution in [0.3, 0.4) is 0 Å². The predicted octanol–water partition coefficient (Wildman–Crippen LogP) is 0.286.